The first kappa shape index (κ1) is 15.4. The molecule has 0 aromatic heterocycles. The molecule has 0 spiro atoms. The average molecular weight is 290 g/mol. The first-order valence-corrected chi connectivity index (χ1v) is 7.50. The van der Waals surface area contributed by atoms with Gasteiger partial charge in [0.2, 0.25) is 5.91 Å². The van der Waals surface area contributed by atoms with Crippen LogP contribution >= 0.6 is 0 Å². The van der Waals surface area contributed by atoms with Gasteiger partial charge < -0.3 is 15.4 Å². The summed E-state index contributed by atoms with van der Waals surface area (Å²) in [7, 11) is 0. The highest BCUT2D eigenvalue weighted by Crippen LogP contribution is 2.29. The summed E-state index contributed by atoms with van der Waals surface area (Å²) in [5.74, 6) is 0.613. The van der Waals surface area contributed by atoms with Gasteiger partial charge in [-0.3, -0.25) is 9.59 Å². The maximum absolute atomic E-state index is 11.9. The van der Waals surface area contributed by atoms with Crippen LogP contribution in [-0.4, -0.2) is 24.5 Å². The molecule has 1 heterocycles. The second-order valence-corrected chi connectivity index (χ2v) is 5.19. The molecule has 114 valence electrons. The molecule has 2 N–H and O–H groups in total. The van der Waals surface area contributed by atoms with E-state index in [0.29, 0.717) is 24.4 Å². The zero-order valence-electron chi connectivity index (χ0n) is 12.5. The standard InChI is InChI=1S/C16H22N2O3/c1-3-11(4-2)15(19)17-10-9-14-16(20)18-12-7-5-6-8-13(12)21-14/h5-8,11,14H,3-4,9-10H2,1-2H3,(H,17,19)(H,18,20). The van der Waals surface area contributed by atoms with E-state index in [4.69, 9.17) is 4.74 Å². The van der Waals surface area contributed by atoms with Crippen LogP contribution in [0.5, 0.6) is 5.75 Å². The van der Waals surface area contributed by atoms with Crippen molar-refractivity contribution in [3.63, 3.8) is 0 Å². The van der Waals surface area contributed by atoms with Gasteiger partial charge in [-0.1, -0.05) is 26.0 Å². The predicted molar refractivity (Wildman–Crippen MR) is 81.2 cm³/mol. The van der Waals surface area contributed by atoms with Crippen LogP contribution in [0.25, 0.3) is 0 Å². The van der Waals surface area contributed by atoms with Crippen molar-refractivity contribution in [1.29, 1.82) is 0 Å². The summed E-state index contributed by atoms with van der Waals surface area (Å²) in [6.07, 6.45) is 1.57. The molecule has 0 bridgehead atoms. The van der Waals surface area contributed by atoms with Gasteiger partial charge in [0.1, 0.15) is 5.75 Å². The number of amides is 2. The number of carbonyl (C=O) groups excluding carboxylic acids is 2. The van der Waals surface area contributed by atoms with E-state index in [2.05, 4.69) is 10.6 Å². The summed E-state index contributed by atoms with van der Waals surface area (Å²) in [6, 6.07) is 7.34. The molecule has 0 fully saturated rings. The van der Waals surface area contributed by atoms with E-state index in [1.807, 2.05) is 32.0 Å². The number of benzene rings is 1. The molecule has 1 atom stereocenters. The van der Waals surface area contributed by atoms with Crippen LogP contribution in [0.15, 0.2) is 24.3 Å². The van der Waals surface area contributed by atoms with Crippen molar-refractivity contribution in [2.45, 2.75) is 39.2 Å². The van der Waals surface area contributed by atoms with Crippen molar-refractivity contribution in [1.82, 2.24) is 5.32 Å². The number of hydrogen-bond acceptors (Lipinski definition) is 3. The van der Waals surface area contributed by atoms with Gasteiger partial charge in [0.15, 0.2) is 6.10 Å². The summed E-state index contributed by atoms with van der Waals surface area (Å²) >= 11 is 0. The van der Waals surface area contributed by atoms with Gasteiger partial charge in [-0.15, -0.1) is 0 Å². The zero-order chi connectivity index (χ0) is 15.2. The molecular formula is C16H22N2O3. The summed E-state index contributed by atoms with van der Waals surface area (Å²) in [5, 5.41) is 5.69. The lowest BCUT2D eigenvalue weighted by molar-refractivity contribution is -0.126. The quantitative estimate of drug-likeness (QED) is 0.845. The Bertz CT molecular complexity index is 512. The highest BCUT2D eigenvalue weighted by Gasteiger charge is 2.27. The minimum Gasteiger partial charge on any atom is -0.478 e. The Hall–Kier alpha value is -2.04. The van der Waals surface area contributed by atoms with Crippen LogP contribution in [0, 0.1) is 5.92 Å². The van der Waals surface area contributed by atoms with Gasteiger partial charge in [0.05, 0.1) is 5.69 Å². The van der Waals surface area contributed by atoms with E-state index in [9.17, 15) is 9.59 Å². The molecule has 2 amide bonds. The third kappa shape index (κ3) is 3.74. The van der Waals surface area contributed by atoms with E-state index in [1.165, 1.54) is 0 Å². The summed E-state index contributed by atoms with van der Waals surface area (Å²) in [6.45, 7) is 4.44. The highest BCUT2D eigenvalue weighted by molar-refractivity contribution is 5.97. The van der Waals surface area contributed by atoms with Crippen molar-refractivity contribution in [2.24, 2.45) is 5.92 Å². The molecule has 1 aliphatic heterocycles. The zero-order valence-corrected chi connectivity index (χ0v) is 12.5. The van der Waals surface area contributed by atoms with Crippen molar-refractivity contribution in [3.8, 4) is 5.75 Å². The van der Waals surface area contributed by atoms with Crippen molar-refractivity contribution >= 4 is 17.5 Å². The van der Waals surface area contributed by atoms with Gasteiger partial charge in [-0.25, -0.2) is 0 Å². The Kier molecular flexibility index (Phi) is 5.20. The van der Waals surface area contributed by atoms with Gasteiger partial charge in [0.25, 0.3) is 5.91 Å². The van der Waals surface area contributed by atoms with Crippen LogP contribution in [0.2, 0.25) is 0 Å². The third-order valence-electron chi connectivity index (χ3n) is 3.77. The molecule has 2 rings (SSSR count). The highest BCUT2D eigenvalue weighted by atomic mass is 16.5. The number of hydrogen-bond donors (Lipinski definition) is 2. The van der Waals surface area contributed by atoms with Crippen LogP contribution in [0.4, 0.5) is 5.69 Å². The first-order valence-electron chi connectivity index (χ1n) is 7.50. The number of nitrogens with one attached hydrogen (secondary N) is 2. The predicted octanol–water partition coefficient (Wildman–Crippen LogP) is 2.33. The molecule has 0 aliphatic carbocycles. The summed E-state index contributed by atoms with van der Waals surface area (Å²) in [5.41, 5.74) is 0.694. The Morgan fingerprint density at radius 2 is 2.05 bits per heavy atom. The van der Waals surface area contributed by atoms with Crippen LogP contribution < -0.4 is 15.4 Å². The summed E-state index contributed by atoms with van der Waals surface area (Å²) < 4.78 is 5.68. The lowest BCUT2D eigenvalue weighted by atomic mass is 10.0. The van der Waals surface area contributed by atoms with Crippen molar-refractivity contribution in [2.75, 3.05) is 11.9 Å². The molecule has 0 saturated heterocycles. The fourth-order valence-corrected chi connectivity index (χ4v) is 2.41. The van der Waals surface area contributed by atoms with E-state index >= 15 is 0 Å². The number of para-hydroxylation sites is 2. The molecule has 5 heteroatoms. The Morgan fingerprint density at radius 1 is 1.33 bits per heavy atom. The minimum absolute atomic E-state index is 0.0480. The lowest BCUT2D eigenvalue weighted by Crippen LogP contribution is -2.40. The monoisotopic (exact) mass is 290 g/mol. The fourth-order valence-electron chi connectivity index (χ4n) is 2.41. The van der Waals surface area contributed by atoms with Gasteiger partial charge in [-0.05, 0) is 25.0 Å². The molecule has 1 unspecified atom stereocenters. The third-order valence-corrected chi connectivity index (χ3v) is 3.77. The molecule has 1 aromatic carbocycles. The number of ether oxygens (including phenoxy) is 1. The van der Waals surface area contributed by atoms with E-state index in [0.717, 1.165) is 12.8 Å². The van der Waals surface area contributed by atoms with Crippen LogP contribution in [-0.2, 0) is 9.59 Å². The number of fused-ring (bicyclic) bond motifs is 1. The fraction of sp³-hybridized carbons (Fsp3) is 0.500. The maximum atomic E-state index is 11.9. The Balaban J connectivity index is 1.84. The Morgan fingerprint density at radius 3 is 2.76 bits per heavy atom. The molecular weight excluding hydrogens is 268 g/mol. The molecule has 1 aromatic rings. The smallest absolute Gasteiger partial charge is 0.265 e. The lowest BCUT2D eigenvalue weighted by Gasteiger charge is -2.26. The van der Waals surface area contributed by atoms with Gasteiger partial charge >= 0.3 is 0 Å². The van der Waals surface area contributed by atoms with Crippen LogP contribution in [0.1, 0.15) is 33.1 Å². The molecule has 5 nitrogen and oxygen atoms in total. The molecule has 0 radical (unpaired) electrons. The van der Waals surface area contributed by atoms with E-state index in [-0.39, 0.29) is 17.7 Å². The average Bonchev–Trinajstić information content (AvgIpc) is 2.49. The molecule has 0 saturated carbocycles. The second kappa shape index (κ2) is 7.11. The van der Waals surface area contributed by atoms with Crippen molar-refractivity contribution < 1.29 is 14.3 Å². The molecule has 21 heavy (non-hydrogen) atoms. The first-order chi connectivity index (χ1) is 10.2. The topological polar surface area (TPSA) is 67.4 Å². The second-order valence-electron chi connectivity index (χ2n) is 5.19. The van der Waals surface area contributed by atoms with E-state index in [1.54, 1.807) is 6.07 Å². The maximum Gasteiger partial charge on any atom is 0.265 e. The Labute approximate surface area is 125 Å². The number of carbonyl (C=O) groups is 2. The van der Waals surface area contributed by atoms with Crippen LogP contribution in [0.3, 0.4) is 0 Å². The number of anilines is 1. The van der Waals surface area contributed by atoms with Gasteiger partial charge in [0, 0.05) is 18.9 Å². The van der Waals surface area contributed by atoms with Crippen molar-refractivity contribution in [3.05, 3.63) is 24.3 Å². The normalized spacial score (nSPS) is 16.9. The van der Waals surface area contributed by atoms with E-state index < -0.39 is 6.10 Å². The largest absolute Gasteiger partial charge is 0.478 e. The number of rotatable bonds is 6. The van der Waals surface area contributed by atoms with Gasteiger partial charge in [-0.2, -0.15) is 0 Å². The molecule has 1 aliphatic rings. The SMILES string of the molecule is CCC(CC)C(=O)NCCC1Oc2ccccc2NC1=O. The summed E-state index contributed by atoms with van der Waals surface area (Å²) in [4.78, 5) is 23.8. The minimum atomic E-state index is -0.554.